The number of anilines is 1. The van der Waals surface area contributed by atoms with Crippen molar-refractivity contribution in [1.29, 1.82) is 0 Å². The Morgan fingerprint density at radius 2 is 2.09 bits per heavy atom. The summed E-state index contributed by atoms with van der Waals surface area (Å²) in [7, 11) is -3.37. The molecule has 122 valence electrons. The van der Waals surface area contributed by atoms with Crippen molar-refractivity contribution < 1.29 is 17.9 Å². The lowest BCUT2D eigenvalue weighted by Crippen LogP contribution is -2.53. The zero-order chi connectivity index (χ0) is 16.5. The van der Waals surface area contributed by atoms with Crippen molar-refractivity contribution in [1.82, 2.24) is 4.90 Å². The Labute approximate surface area is 131 Å². The number of amides is 1. The van der Waals surface area contributed by atoms with Crippen LogP contribution in [0.15, 0.2) is 24.3 Å². The summed E-state index contributed by atoms with van der Waals surface area (Å²) in [6.45, 7) is 6.85. The molecule has 0 radical (unpaired) electrons. The van der Waals surface area contributed by atoms with E-state index in [0.717, 1.165) is 6.26 Å². The first-order valence-corrected chi connectivity index (χ1v) is 9.00. The molecule has 1 fully saturated rings. The van der Waals surface area contributed by atoms with Gasteiger partial charge in [0.15, 0.2) is 0 Å². The molecule has 0 spiro atoms. The first kappa shape index (κ1) is 16.8. The highest BCUT2D eigenvalue weighted by atomic mass is 32.2. The molecule has 1 amide bonds. The summed E-state index contributed by atoms with van der Waals surface area (Å²) in [6, 6.07) is 6.51. The van der Waals surface area contributed by atoms with Crippen molar-refractivity contribution in [3.8, 4) is 0 Å². The second kappa shape index (κ2) is 5.89. The number of carbonyl (C=O) groups excluding carboxylic acids is 1. The molecular weight excluding hydrogens is 304 g/mol. The highest BCUT2D eigenvalue weighted by Gasteiger charge is 2.34. The molecular formula is C15H22N2O4S. The number of carbonyl (C=O) groups is 1. The van der Waals surface area contributed by atoms with Crippen LogP contribution < -0.4 is 4.72 Å². The van der Waals surface area contributed by atoms with E-state index in [9.17, 15) is 13.2 Å². The molecule has 1 aliphatic rings. The number of ether oxygens (including phenoxy) is 1. The quantitative estimate of drug-likeness (QED) is 0.917. The van der Waals surface area contributed by atoms with Gasteiger partial charge >= 0.3 is 0 Å². The van der Waals surface area contributed by atoms with E-state index >= 15 is 0 Å². The van der Waals surface area contributed by atoms with Gasteiger partial charge in [0, 0.05) is 24.3 Å². The minimum atomic E-state index is -3.37. The number of hydrogen-bond donors (Lipinski definition) is 1. The third-order valence-electron chi connectivity index (χ3n) is 3.27. The van der Waals surface area contributed by atoms with E-state index in [1.807, 2.05) is 20.8 Å². The van der Waals surface area contributed by atoms with Gasteiger partial charge in [-0.05, 0) is 39.0 Å². The van der Waals surface area contributed by atoms with Gasteiger partial charge in [0.1, 0.15) is 0 Å². The van der Waals surface area contributed by atoms with Gasteiger partial charge in [-0.3, -0.25) is 9.52 Å². The van der Waals surface area contributed by atoms with Crippen LogP contribution >= 0.6 is 0 Å². The van der Waals surface area contributed by atoms with Crippen molar-refractivity contribution in [2.45, 2.75) is 32.5 Å². The normalized spacial score (nSPS) is 21.5. The number of sulfonamides is 1. The van der Waals surface area contributed by atoms with E-state index in [1.165, 1.54) is 0 Å². The van der Waals surface area contributed by atoms with Crippen molar-refractivity contribution in [2.24, 2.45) is 0 Å². The molecule has 7 heteroatoms. The third kappa shape index (κ3) is 4.45. The lowest BCUT2D eigenvalue weighted by Gasteiger charge is -2.41. The van der Waals surface area contributed by atoms with Gasteiger partial charge in [0.05, 0.1) is 18.0 Å². The van der Waals surface area contributed by atoms with Gasteiger partial charge in [-0.25, -0.2) is 8.42 Å². The first-order chi connectivity index (χ1) is 10.1. The largest absolute Gasteiger partial charge is 0.369 e. The zero-order valence-electron chi connectivity index (χ0n) is 13.3. The topological polar surface area (TPSA) is 75.7 Å². The van der Waals surface area contributed by atoms with E-state index in [1.54, 1.807) is 29.2 Å². The standard InChI is InChI=1S/C15H22N2O4S/c1-11-9-17(10-15(2,3)21-11)14(18)12-6-5-7-13(8-12)16-22(4,19)20/h5-8,11,16H,9-10H2,1-4H3. The zero-order valence-corrected chi connectivity index (χ0v) is 14.1. The van der Waals surface area contributed by atoms with Gasteiger partial charge in [-0.1, -0.05) is 6.07 Å². The Kier molecular flexibility index (Phi) is 4.49. The van der Waals surface area contributed by atoms with Crippen molar-refractivity contribution in [2.75, 3.05) is 24.1 Å². The molecule has 1 atom stereocenters. The van der Waals surface area contributed by atoms with Gasteiger partial charge in [-0.2, -0.15) is 0 Å². The van der Waals surface area contributed by atoms with E-state index in [4.69, 9.17) is 4.74 Å². The van der Waals surface area contributed by atoms with Gasteiger partial charge in [0.2, 0.25) is 10.0 Å². The number of nitrogens with one attached hydrogen (secondary N) is 1. The Hall–Kier alpha value is -1.60. The van der Waals surface area contributed by atoms with E-state index < -0.39 is 15.6 Å². The molecule has 1 saturated heterocycles. The first-order valence-electron chi connectivity index (χ1n) is 7.11. The van der Waals surface area contributed by atoms with Gasteiger partial charge in [-0.15, -0.1) is 0 Å². The maximum Gasteiger partial charge on any atom is 0.254 e. The summed E-state index contributed by atoms with van der Waals surface area (Å²) in [5.74, 6) is -0.125. The molecule has 6 nitrogen and oxygen atoms in total. The average molecular weight is 326 g/mol. The van der Waals surface area contributed by atoms with Crippen LogP contribution in [0.2, 0.25) is 0 Å². The Bertz CT molecular complexity index is 670. The molecule has 1 aromatic rings. The van der Waals surface area contributed by atoms with Gasteiger partial charge in [0.25, 0.3) is 5.91 Å². The van der Waals surface area contributed by atoms with Crippen LogP contribution in [0.4, 0.5) is 5.69 Å². The highest BCUT2D eigenvalue weighted by molar-refractivity contribution is 7.92. The predicted molar refractivity (Wildman–Crippen MR) is 85.4 cm³/mol. The average Bonchev–Trinajstić information content (AvgIpc) is 2.33. The van der Waals surface area contributed by atoms with Crippen LogP contribution in [-0.4, -0.2) is 50.3 Å². The summed E-state index contributed by atoms with van der Waals surface area (Å²) in [5.41, 5.74) is 0.447. The highest BCUT2D eigenvalue weighted by Crippen LogP contribution is 2.23. The second-order valence-corrected chi connectivity index (χ2v) is 8.08. The summed E-state index contributed by atoms with van der Waals surface area (Å²) < 4.78 is 30.8. The summed E-state index contributed by atoms with van der Waals surface area (Å²) in [4.78, 5) is 14.4. The van der Waals surface area contributed by atoms with Crippen molar-refractivity contribution >= 4 is 21.6 Å². The van der Waals surface area contributed by atoms with Crippen molar-refractivity contribution in [3.05, 3.63) is 29.8 Å². The molecule has 1 N–H and O–H groups in total. The molecule has 1 unspecified atom stereocenters. The maximum absolute atomic E-state index is 12.6. The molecule has 0 aromatic heterocycles. The van der Waals surface area contributed by atoms with Crippen LogP contribution in [0.25, 0.3) is 0 Å². The van der Waals surface area contributed by atoms with Crippen LogP contribution in [-0.2, 0) is 14.8 Å². The van der Waals surface area contributed by atoms with Crippen LogP contribution in [0.5, 0.6) is 0 Å². The number of morpholine rings is 1. The predicted octanol–water partition coefficient (Wildman–Crippen LogP) is 1.70. The lowest BCUT2D eigenvalue weighted by molar-refractivity contribution is -0.118. The summed E-state index contributed by atoms with van der Waals surface area (Å²) >= 11 is 0. The molecule has 1 aromatic carbocycles. The third-order valence-corrected chi connectivity index (χ3v) is 3.88. The SMILES string of the molecule is CC1CN(C(=O)c2cccc(NS(C)(=O)=O)c2)CC(C)(C)O1. The summed E-state index contributed by atoms with van der Waals surface area (Å²) in [5, 5.41) is 0. The molecule has 1 heterocycles. The fraction of sp³-hybridized carbons (Fsp3) is 0.533. The smallest absolute Gasteiger partial charge is 0.254 e. The molecule has 22 heavy (non-hydrogen) atoms. The van der Waals surface area contributed by atoms with E-state index in [0.29, 0.717) is 24.3 Å². The molecule has 1 aliphatic heterocycles. The fourth-order valence-corrected chi connectivity index (χ4v) is 3.28. The number of hydrogen-bond acceptors (Lipinski definition) is 4. The molecule has 0 saturated carbocycles. The fourth-order valence-electron chi connectivity index (χ4n) is 2.72. The summed E-state index contributed by atoms with van der Waals surface area (Å²) in [6.07, 6.45) is 1.04. The van der Waals surface area contributed by atoms with E-state index in [-0.39, 0.29) is 12.0 Å². The molecule has 0 bridgehead atoms. The van der Waals surface area contributed by atoms with E-state index in [2.05, 4.69) is 4.72 Å². The Morgan fingerprint density at radius 3 is 2.68 bits per heavy atom. The molecule has 2 rings (SSSR count). The number of nitrogens with zero attached hydrogens (tertiary/aromatic N) is 1. The van der Waals surface area contributed by atoms with Crippen molar-refractivity contribution in [3.63, 3.8) is 0 Å². The maximum atomic E-state index is 12.6. The number of rotatable bonds is 3. The van der Waals surface area contributed by atoms with Crippen LogP contribution in [0, 0.1) is 0 Å². The minimum Gasteiger partial charge on any atom is -0.369 e. The van der Waals surface area contributed by atoms with Crippen LogP contribution in [0.1, 0.15) is 31.1 Å². The van der Waals surface area contributed by atoms with Crippen LogP contribution in [0.3, 0.4) is 0 Å². The second-order valence-electron chi connectivity index (χ2n) is 6.33. The Morgan fingerprint density at radius 1 is 1.41 bits per heavy atom. The Balaban J connectivity index is 2.21. The number of benzene rings is 1. The monoisotopic (exact) mass is 326 g/mol. The lowest BCUT2D eigenvalue weighted by atomic mass is 10.0. The minimum absolute atomic E-state index is 0.0370. The molecule has 0 aliphatic carbocycles. The van der Waals surface area contributed by atoms with Gasteiger partial charge < -0.3 is 9.64 Å².